The topological polar surface area (TPSA) is 121 Å². The van der Waals surface area contributed by atoms with Gasteiger partial charge in [0.05, 0.1) is 19.8 Å². The molecular weight excluding hydrogens is 314 g/mol. The summed E-state index contributed by atoms with van der Waals surface area (Å²) < 4.78 is 0. The number of phenols is 1. The number of hydrogen-bond acceptors (Lipinski definition) is 6. The molecule has 0 unspecified atom stereocenters. The zero-order valence-corrected chi connectivity index (χ0v) is 13.2. The minimum absolute atomic E-state index is 0. The van der Waals surface area contributed by atoms with E-state index in [1.165, 1.54) is 12.1 Å². The van der Waals surface area contributed by atoms with Crippen LogP contribution in [0.15, 0.2) is 24.3 Å². The van der Waals surface area contributed by atoms with Gasteiger partial charge in [-0.25, -0.2) is 4.79 Å². The van der Waals surface area contributed by atoms with Crippen LogP contribution in [0, 0.1) is 0 Å². The Bertz CT molecular complexity index is 376. The summed E-state index contributed by atoms with van der Waals surface area (Å²) in [6, 6.07) is 5.81. The number of hydrogen-bond donors (Lipinski definition) is 5. The van der Waals surface area contributed by atoms with Gasteiger partial charge in [0.15, 0.2) is 0 Å². The van der Waals surface area contributed by atoms with Gasteiger partial charge in [-0.1, -0.05) is 12.1 Å². The second-order valence-electron chi connectivity index (χ2n) is 3.83. The van der Waals surface area contributed by atoms with Crippen LogP contribution in [0.1, 0.15) is 10.4 Å². The average molecular weight is 335 g/mol. The van der Waals surface area contributed by atoms with Crippen LogP contribution >= 0.6 is 0 Å². The number of carbonyl (C=O) groups is 1. The summed E-state index contributed by atoms with van der Waals surface area (Å²) in [7, 11) is 0. The smallest absolute Gasteiger partial charge is 0.339 e. The maximum atomic E-state index is 10.3. The van der Waals surface area contributed by atoms with Gasteiger partial charge in [0.25, 0.3) is 0 Å². The van der Waals surface area contributed by atoms with Gasteiger partial charge in [-0.15, -0.1) is 0 Å². The van der Waals surface area contributed by atoms with Crippen molar-refractivity contribution in [3.05, 3.63) is 29.8 Å². The van der Waals surface area contributed by atoms with Gasteiger partial charge in [-0.05, 0) is 12.1 Å². The Morgan fingerprint density at radius 1 is 0.952 bits per heavy atom. The largest absolute Gasteiger partial charge is 0.507 e. The Morgan fingerprint density at radius 3 is 1.67 bits per heavy atom. The maximum Gasteiger partial charge on any atom is 0.339 e. The number of carboxylic acid groups (broad SMARTS) is 1. The van der Waals surface area contributed by atoms with E-state index in [0.717, 1.165) is 0 Å². The monoisotopic (exact) mass is 335 g/mol. The Morgan fingerprint density at radius 2 is 1.38 bits per heavy atom. The van der Waals surface area contributed by atoms with Crippen LogP contribution < -0.4 is 0 Å². The van der Waals surface area contributed by atoms with Crippen molar-refractivity contribution >= 4 is 5.97 Å². The van der Waals surface area contributed by atoms with Crippen molar-refractivity contribution in [2.45, 2.75) is 0 Å². The number of carboxylic acids is 1. The molecule has 1 aromatic carbocycles. The summed E-state index contributed by atoms with van der Waals surface area (Å²) in [6.45, 7) is 1.75. The number of aliphatic hydroxyl groups excluding tert-OH is 3. The predicted octanol–water partition coefficient (Wildman–Crippen LogP) is -0.647. The first-order valence-electron chi connectivity index (χ1n) is 6.13. The molecule has 0 bridgehead atoms. The standard InChI is InChI=1S/C7H6O3.C6H15NO3.Ti/c8-6-4-2-1-3-5(6)7(9)10;8-4-1-7(2-5-9)3-6-10;/h1-4,8H,(H,9,10);8-10H,1-6H2;. The first-order chi connectivity index (χ1) is 9.56. The molecule has 0 aliphatic rings. The Balaban J connectivity index is 0. The fraction of sp³-hybridized carbons (Fsp3) is 0.462. The molecule has 0 saturated heterocycles. The van der Waals surface area contributed by atoms with Crippen molar-refractivity contribution in [2.24, 2.45) is 0 Å². The van der Waals surface area contributed by atoms with Gasteiger partial charge >= 0.3 is 5.97 Å². The fourth-order valence-corrected chi connectivity index (χ4v) is 1.41. The SMILES string of the molecule is O=C(O)c1ccccc1O.OCCN(CCO)CCO.[Ti]. The van der Waals surface area contributed by atoms with Crippen LogP contribution in [0.2, 0.25) is 0 Å². The zero-order chi connectivity index (χ0) is 15.4. The van der Waals surface area contributed by atoms with E-state index in [1.807, 2.05) is 0 Å². The summed E-state index contributed by atoms with van der Waals surface area (Å²) in [6.07, 6.45) is 0. The Labute approximate surface area is 138 Å². The molecule has 0 aliphatic heterocycles. The minimum Gasteiger partial charge on any atom is -0.507 e. The third kappa shape index (κ3) is 10.4. The molecule has 5 N–H and O–H groups in total. The summed E-state index contributed by atoms with van der Waals surface area (Å²) >= 11 is 0. The predicted molar refractivity (Wildman–Crippen MR) is 72.8 cm³/mol. The van der Waals surface area contributed by atoms with E-state index >= 15 is 0 Å². The third-order valence-electron chi connectivity index (χ3n) is 2.38. The average Bonchev–Trinajstić information content (AvgIpc) is 2.40. The number of rotatable bonds is 7. The van der Waals surface area contributed by atoms with Crippen molar-refractivity contribution in [3.8, 4) is 5.75 Å². The molecule has 0 aromatic heterocycles. The van der Waals surface area contributed by atoms with Gasteiger partial charge in [0, 0.05) is 41.4 Å². The van der Waals surface area contributed by atoms with E-state index in [4.69, 9.17) is 25.5 Å². The van der Waals surface area contributed by atoms with Crippen molar-refractivity contribution in [1.82, 2.24) is 4.90 Å². The van der Waals surface area contributed by atoms with Crippen molar-refractivity contribution < 1.29 is 52.0 Å². The summed E-state index contributed by atoms with van der Waals surface area (Å²) in [5, 5.41) is 42.8. The van der Waals surface area contributed by atoms with E-state index in [2.05, 4.69) is 0 Å². The molecule has 0 spiro atoms. The third-order valence-corrected chi connectivity index (χ3v) is 2.38. The van der Waals surface area contributed by atoms with E-state index in [1.54, 1.807) is 17.0 Å². The number of aromatic hydroxyl groups is 1. The van der Waals surface area contributed by atoms with Gasteiger partial charge in [0.2, 0.25) is 0 Å². The van der Waals surface area contributed by atoms with Crippen LogP contribution in [0.25, 0.3) is 0 Å². The Kier molecular flexibility index (Phi) is 14.9. The summed E-state index contributed by atoms with van der Waals surface area (Å²) in [5.41, 5.74) is -0.0671. The van der Waals surface area contributed by atoms with Gasteiger partial charge in [-0.3, -0.25) is 4.90 Å². The number of nitrogens with zero attached hydrogens (tertiary/aromatic N) is 1. The van der Waals surface area contributed by atoms with E-state index in [-0.39, 0.29) is 52.9 Å². The van der Waals surface area contributed by atoms with Crippen molar-refractivity contribution in [2.75, 3.05) is 39.5 Å². The number of aromatic carboxylic acids is 1. The van der Waals surface area contributed by atoms with Crippen LogP contribution in [0.3, 0.4) is 0 Å². The molecule has 0 fully saturated rings. The molecule has 8 heteroatoms. The minimum atomic E-state index is -1.11. The van der Waals surface area contributed by atoms with Crippen molar-refractivity contribution in [1.29, 1.82) is 0 Å². The van der Waals surface area contributed by atoms with E-state index < -0.39 is 5.97 Å². The number of para-hydroxylation sites is 1. The van der Waals surface area contributed by atoms with E-state index in [9.17, 15) is 4.79 Å². The molecule has 118 valence electrons. The molecule has 1 aromatic rings. The fourth-order valence-electron chi connectivity index (χ4n) is 1.41. The number of aliphatic hydroxyl groups is 3. The van der Waals surface area contributed by atoms with E-state index in [0.29, 0.717) is 19.6 Å². The molecule has 0 atom stereocenters. The Hall–Kier alpha value is -0.956. The maximum absolute atomic E-state index is 10.3. The van der Waals surface area contributed by atoms with Gasteiger partial charge in [-0.2, -0.15) is 0 Å². The molecule has 0 heterocycles. The van der Waals surface area contributed by atoms with Gasteiger partial charge in [0.1, 0.15) is 11.3 Å². The number of benzene rings is 1. The van der Waals surface area contributed by atoms with Crippen LogP contribution in [0.5, 0.6) is 5.75 Å². The molecular formula is C13H21NO6Ti. The van der Waals surface area contributed by atoms with Crippen LogP contribution in [-0.4, -0.2) is 75.9 Å². The first-order valence-corrected chi connectivity index (χ1v) is 6.13. The molecule has 0 radical (unpaired) electrons. The van der Waals surface area contributed by atoms with Gasteiger partial charge < -0.3 is 25.5 Å². The first kappa shape index (κ1) is 22.3. The molecule has 0 saturated carbocycles. The van der Waals surface area contributed by atoms with Crippen molar-refractivity contribution in [3.63, 3.8) is 0 Å². The summed E-state index contributed by atoms with van der Waals surface area (Å²) in [5.74, 6) is -1.31. The quantitative estimate of drug-likeness (QED) is 0.420. The second-order valence-corrected chi connectivity index (χ2v) is 3.83. The second kappa shape index (κ2) is 14.0. The molecule has 0 amide bonds. The molecule has 21 heavy (non-hydrogen) atoms. The molecule has 0 aliphatic carbocycles. The van der Waals surface area contributed by atoms with Crippen LogP contribution in [-0.2, 0) is 21.7 Å². The normalized spacial score (nSPS) is 9.52. The molecule has 7 nitrogen and oxygen atoms in total. The summed E-state index contributed by atoms with van der Waals surface area (Å²) in [4.78, 5) is 12.1. The molecule has 1 rings (SSSR count). The van der Waals surface area contributed by atoms with Crippen LogP contribution in [0.4, 0.5) is 0 Å². The zero-order valence-electron chi connectivity index (χ0n) is 11.6.